The van der Waals surface area contributed by atoms with E-state index >= 15 is 0 Å². The zero-order valence-corrected chi connectivity index (χ0v) is 15.5. The van der Waals surface area contributed by atoms with E-state index in [1.807, 2.05) is 13.8 Å². The van der Waals surface area contributed by atoms with Gasteiger partial charge in [0, 0.05) is 24.9 Å². The highest BCUT2D eigenvalue weighted by Gasteiger charge is 2.35. The molecule has 9 nitrogen and oxygen atoms in total. The number of phosphoric ester groups is 1. The van der Waals surface area contributed by atoms with Gasteiger partial charge >= 0.3 is 7.82 Å². The van der Waals surface area contributed by atoms with Crippen LogP contribution in [0.3, 0.4) is 0 Å². The normalized spacial score (nSPS) is 13.7. The smallest absolute Gasteiger partial charge is 0.383 e. The number of aliphatic hydroxyl groups is 1. The van der Waals surface area contributed by atoms with Crippen molar-refractivity contribution in [2.45, 2.75) is 46.6 Å². The zero-order valence-electron chi connectivity index (χ0n) is 14.6. The lowest BCUT2D eigenvalue weighted by molar-refractivity contribution is -0.137. The van der Waals surface area contributed by atoms with E-state index in [-0.39, 0.29) is 18.9 Å². The molecule has 5 N–H and O–H groups in total. The predicted molar refractivity (Wildman–Crippen MR) is 87.9 cm³/mol. The molecule has 0 bridgehead atoms. The van der Waals surface area contributed by atoms with E-state index in [1.54, 1.807) is 0 Å². The van der Waals surface area contributed by atoms with E-state index in [0.717, 1.165) is 6.42 Å². The van der Waals surface area contributed by atoms with Gasteiger partial charge in [-0.3, -0.25) is 14.1 Å². The van der Waals surface area contributed by atoms with Gasteiger partial charge in [-0.15, -0.1) is 0 Å². The average molecular weight is 368 g/mol. The Morgan fingerprint density at radius 1 is 1.17 bits per heavy atom. The van der Waals surface area contributed by atoms with Crippen LogP contribution in [0.25, 0.3) is 0 Å². The topological polar surface area (TPSA) is 145 Å². The SMILES string of the molecule is CC(C)CCNC(=O)CCNC(=O)C(O)C(C)(C)COP(=O)(O)O. The van der Waals surface area contributed by atoms with Crippen molar-refractivity contribution in [1.29, 1.82) is 0 Å². The third-order valence-corrected chi connectivity index (χ3v) is 3.75. The summed E-state index contributed by atoms with van der Waals surface area (Å²) in [5.74, 6) is -0.448. The van der Waals surface area contributed by atoms with Crippen molar-refractivity contribution >= 4 is 19.6 Å². The molecule has 0 aromatic carbocycles. The number of aliphatic hydroxyl groups excluding tert-OH is 1. The quantitative estimate of drug-likeness (QED) is 0.326. The van der Waals surface area contributed by atoms with E-state index < -0.39 is 31.9 Å². The van der Waals surface area contributed by atoms with Gasteiger partial charge in [-0.25, -0.2) is 4.57 Å². The van der Waals surface area contributed by atoms with E-state index in [9.17, 15) is 19.3 Å². The largest absolute Gasteiger partial charge is 0.469 e. The summed E-state index contributed by atoms with van der Waals surface area (Å²) >= 11 is 0. The molecule has 0 radical (unpaired) electrons. The standard InChI is InChI=1S/C14H29N2O7P/c1-10(2)5-7-15-11(17)6-8-16-13(19)12(18)14(3,4)9-23-24(20,21)22/h10,12,18H,5-9H2,1-4H3,(H,15,17)(H,16,19)(H2,20,21,22). The molecule has 2 amide bonds. The van der Waals surface area contributed by atoms with Gasteiger partial charge in [0.05, 0.1) is 6.61 Å². The van der Waals surface area contributed by atoms with Gasteiger partial charge in [-0.2, -0.15) is 0 Å². The third kappa shape index (κ3) is 10.7. The van der Waals surface area contributed by atoms with Gasteiger partial charge in [0.1, 0.15) is 6.10 Å². The number of hydrogen-bond donors (Lipinski definition) is 5. The molecule has 0 aliphatic carbocycles. The third-order valence-electron chi connectivity index (χ3n) is 3.29. The number of carbonyl (C=O) groups excluding carboxylic acids is 2. The Balaban J connectivity index is 4.17. The Bertz CT molecular complexity index is 462. The molecule has 24 heavy (non-hydrogen) atoms. The fraction of sp³-hybridized carbons (Fsp3) is 0.857. The van der Waals surface area contributed by atoms with E-state index in [0.29, 0.717) is 12.5 Å². The summed E-state index contributed by atoms with van der Waals surface area (Å²) in [7, 11) is -4.68. The van der Waals surface area contributed by atoms with Crippen LogP contribution in [0.1, 0.15) is 40.5 Å². The summed E-state index contributed by atoms with van der Waals surface area (Å²) < 4.78 is 15.0. The van der Waals surface area contributed by atoms with Gasteiger partial charge in [0.15, 0.2) is 0 Å². The first-order chi connectivity index (χ1) is 10.8. The van der Waals surface area contributed by atoms with Crippen molar-refractivity contribution in [2.24, 2.45) is 11.3 Å². The van der Waals surface area contributed by atoms with Crippen LogP contribution in [0.5, 0.6) is 0 Å². The fourth-order valence-corrected chi connectivity index (χ4v) is 2.17. The molecule has 0 saturated carbocycles. The van der Waals surface area contributed by atoms with Crippen molar-refractivity contribution in [2.75, 3.05) is 19.7 Å². The molecular formula is C14H29N2O7P. The van der Waals surface area contributed by atoms with Crippen LogP contribution in [0.2, 0.25) is 0 Å². The molecule has 1 atom stereocenters. The lowest BCUT2D eigenvalue weighted by Gasteiger charge is -2.29. The summed E-state index contributed by atoms with van der Waals surface area (Å²) in [6, 6.07) is 0. The number of carbonyl (C=O) groups is 2. The summed E-state index contributed by atoms with van der Waals surface area (Å²) in [5.41, 5.74) is -1.20. The minimum atomic E-state index is -4.68. The van der Waals surface area contributed by atoms with Crippen LogP contribution in [0, 0.1) is 11.3 Å². The Hall–Kier alpha value is -0.990. The van der Waals surface area contributed by atoms with Crippen molar-refractivity contribution in [3.05, 3.63) is 0 Å². The lowest BCUT2D eigenvalue weighted by atomic mass is 9.87. The molecule has 0 saturated heterocycles. The van der Waals surface area contributed by atoms with Crippen molar-refractivity contribution < 1.29 is 33.6 Å². The van der Waals surface area contributed by atoms with Gasteiger partial charge < -0.3 is 25.5 Å². The molecule has 142 valence electrons. The van der Waals surface area contributed by atoms with Crippen LogP contribution in [-0.4, -0.2) is 52.5 Å². The summed E-state index contributed by atoms with van der Waals surface area (Å²) in [6.45, 7) is 7.09. The van der Waals surface area contributed by atoms with Crippen molar-refractivity contribution in [1.82, 2.24) is 10.6 Å². The molecule has 0 aliphatic heterocycles. The van der Waals surface area contributed by atoms with Crippen LogP contribution in [-0.2, 0) is 18.7 Å². The summed E-state index contributed by atoms with van der Waals surface area (Å²) in [4.78, 5) is 40.8. The van der Waals surface area contributed by atoms with Gasteiger partial charge in [-0.05, 0) is 12.3 Å². The first kappa shape index (κ1) is 23.0. The maximum Gasteiger partial charge on any atom is 0.469 e. The summed E-state index contributed by atoms with van der Waals surface area (Å²) in [5, 5.41) is 15.1. The molecule has 0 aliphatic rings. The minimum absolute atomic E-state index is 0.0544. The Labute approximate surface area is 142 Å². The highest BCUT2D eigenvalue weighted by molar-refractivity contribution is 7.46. The molecule has 0 fully saturated rings. The second-order valence-electron chi connectivity index (χ2n) is 6.73. The first-order valence-corrected chi connectivity index (χ1v) is 9.31. The second kappa shape index (κ2) is 10.1. The number of nitrogens with one attached hydrogen (secondary N) is 2. The van der Waals surface area contributed by atoms with Crippen molar-refractivity contribution in [3.63, 3.8) is 0 Å². The minimum Gasteiger partial charge on any atom is -0.383 e. The number of rotatable bonds is 11. The number of hydrogen-bond acceptors (Lipinski definition) is 5. The monoisotopic (exact) mass is 368 g/mol. The lowest BCUT2D eigenvalue weighted by Crippen LogP contribution is -2.46. The average Bonchev–Trinajstić information content (AvgIpc) is 2.43. The highest BCUT2D eigenvalue weighted by atomic mass is 31.2. The van der Waals surface area contributed by atoms with Gasteiger partial charge in [0.25, 0.3) is 0 Å². The highest BCUT2D eigenvalue weighted by Crippen LogP contribution is 2.38. The summed E-state index contributed by atoms with van der Waals surface area (Å²) in [6.07, 6.45) is -0.589. The van der Waals surface area contributed by atoms with Crippen LogP contribution in [0.4, 0.5) is 0 Å². The van der Waals surface area contributed by atoms with E-state index in [4.69, 9.17) is 9.79 Å². The molecular weight excluding hydrogens is 339 g/mol. The van der Waals surface area contributed by atoms with Gasteiger partial charge in [-0.1, -0.05) is 27.7 Å². The van der Waals surface area contributed by atoms with E-state index in [1.165, 1.54) is 13.8 Å². The van der Waals surface area contributed by atoms with Gasteiger partial charge in [0.2, 0.25) is 11.8 Å². The van der Waals surface area contributed by atoms with Crippen LogP contribution in [0.15, 0.2) is 0 Å². The number of amides is 2. The zero-order chi connectivity index (χ0) is 19.0. The van der Waals surface area contributed by atoms with Crippen LogP contribution < -0.4 is 10.6 Å². The Kier molecular flexibility index (Phi) is 9.69. The molecule has 0 heterocycles. The molecule has 1 unspecified atom stereocenters. The van der Waals surface area contributed by atoms with Crippen LogP contribution >= 0.6 is 7.82 Å². The van der Waals surface area contributed by atoms with E-state index in [2.05, 4.69) is 15.2 Å². The fourth-order valence-electron chi connectivity index (χ4n) is 1.67. The molecule has 0 aromatic rings. The molecule has 10 heteroatoms. The maximum absolute atomic E-state index is 11.9. The van der Waals surface area contributed by atoms with Crippen molar-refractivity contribution in [3.8, 4) is 0 Å². The predicted octanol–water partition coefficient (Wildman–Crippen LogP) is 0.151. The maximum atomic E-state index is 11.9. The molecule has 0 spiro atoms. The Morgan fingerprint density at radius 2 is 1.75 bits per heavy atom. The Morgan fingerprint density at radius 3 is 2.25 bits per heavy atom. The second-order valence-corrected chi connectivity index (χ2v) is 7.97. The molecule has 0 rings (SSSR count). The number of phosphoric acid groups is 1. The first-order valence-electron chi connectivity index (χ1n) is 7.77. The molecule has 0 aromatic heterocycles.